The molecule has 0 spiro atoms. The first-order chi connectivity index (χ1) is 70.2. The van der Waals surface area contributed by atoms with Crippen LogP contribution in [0.1, 0.15) is 27.8 Å². The number of nitriles is 5. The first kappa shape index (κ1) is 83.5. The normalized spacial score (nSPS) is 11.3. The molecule has 0 atom stereocenters. The van der Waals surface area contributed by atoms with Crippen LogP contribution in [0.4, 0.5) is 0 Å². The Balaban J connectivity index is 0.000000112. The van der Waals surface area contributed by atoms with Gasteiger partial charge in [-0.3, -0.25) is 9.13 Å². The molecule has 19 aromatic carbocycles. The summed E-state index contributed by atoms with van der Waals surface area (Å²) in [6, 6.07) is 173. The van der Waals surface area contributed by atoms with Gasteiger partial charge in [0.2, 0.25) is 0 Å². The van der Waals surface area contributed by atoms with Crippen LogP contribution < -0.4 is 0 Å². The van der Waals surface area contributed by atoms with Crippen molar-refractivity contribution in [2.45, 2.75) is 0 Å². The van der Waals surface area contributed by atoms with Crippen LogP contribution in [0, 0.1) is 56.7 Å². The average molecular weight is 1810 g/mol. The van der Waals surface area contributed by atoms with Crippen molar-refractivity contribution in [3.63, 3.8) is 0 Å². The van der Waals surface area contributed by atoms with E-state index in [0.717, 1.165) is 139 Å². The van der Waals surface area contributed by atoms with Crippen molar-refractivity contribution < 1.29 is 0 Å². The number of fused-ring (bicyclic) bond motifs is 18. The van der Waals surface area contributed by atoms with Crippen LogP contribution in [-0.2, 0) is 0 Å². The van der Waals surface area contributed by atoms with E-state index in [1.165, 1.54) is 87.2 Å². The Hall–Kier alpha value is -20.3. The predicted molar refractivity (Wildman–Crippen MR) is 577 cm³/mol. The highest BCUT2D eigenvalue weighted by Crippen LogP contribution is 2.45. The van der Waals surface area contributed by atoms with E-state index < -0.39 is 0 Å². The molecule has 0 saturated carbocycles. The summed E-state index contributed by atoms with van der Waals surface area (Å²) in [4.78, 5) is 10.5. The average Bonchev–Trinajstić information content (AvgIpc) is 1.59. The molecule has 0 unspecified atom stereocenters. The molecule has 658 valence electrons. The Bertz CT molecular complexity index is 9490. The van der Waals surface area contributed by atoms with Gasteiger partial charge in [0.1, 0.15) is 11.6 Å². The van der Waals surface area contributed by atoms with E-state index in [-0.39, 0.29) is 0 Å². The van der Waals surface area contributed by atoms with Gasteiger partial charge in [-0.05, 0) is 251 Å². The Morgan fingerprint density at radius 2 is 0.380 bits per heavy atom. The van der Waals surface area contributed by atoms with Crippen molar-refractivity contribution in [1.29, 1.82) is 26.3 Å². The van der Waals surface area contributed by atoms with Crippen LogP contribution in [0.2, 0.25) is 0 Å². The second kappa shape index (κ2) is 34.9. The fourth-order valence-electron chi connectivity index (χ4n) is 21.0. The smallest absolute Gasteiger partial charge is 0.140 e. The molecule has 0 fully saturated rings. The first-order valence-electron chi connectivity index (χ1n) is 47.0. The van der Waals surface area contributed by atoms with Crippen LogP contribution in [0.15, 0.2) is 467 Å². The molecule has 27 rings (SSSR count). The van der Waals surface area contributed by atoms with E-state index in [1.807, 2.05) is 127 Å². The van der Waals surface area contributed by atoms with E-state index in [9.17, 15) is 26.3 Å². The maximum absolute atomic E-state index is 9.76. The third-order valence-electron chi connectivity index (χ3n) is 27.4. The van der Waals surface area contributed by atoms with E-state index in [0.29, 0.717) is 33.6 Å². The molecule has 13 heteroatoms. The summed E-state index contributed by atoms with van der Waals surface area (Å²) in [5.74, 6) is 1.39. The Labute approximate surface area is 815 Å². The lowest BCUT2D eigenvalue weighted by atomic mass is 9.97. The second-order valence-corrected chi connectivity index (χ2v) is 35.6. The summed E-state index contributed by atoms with van der Waals surface area (Å²) < 4.78 is 13.9. The lowest BCUT2D eigenvalue weighted by Crippen LogP contribution is -2.05. The van der Waals surface area contributed by atoms with Crippen molar-refractivity contribution >= 4 is 131 Å². The number of rotatable bonds is 12. The predicted octanol–water partition coefficient (Wildman–Crippen LogP) is 31.8. The molecule has 142 heavy (non-hydrogen) atoms. The Morgan fingerprint density at radius 3 is 0.697 bits per heavy atom. The van der Waals surface area contributed by atoms with Gasteiger partial charge in [-0.2, -0.15) is 26.3 Å². The fourth-order valence-corrected chi connectivity index (χ4v) is 21.0. The molecule has 0 bridgehead atoms. The van der Waals surface area contributed by atoms with Crippen molar-refractivity contribution in [2.24, 2.45) is 0 Å². The van der Waals surface area contributed by atoms with Crippen molar-refractivity contribution in [3.8, 4) is 132 Å². The number of nitrogens with zero attached hydrogens (tertiary/aromatic N) is 13. The SMILES string of the molecule is N#Cc1ccc(-c2cccc(-c3cc(-n4c5ccccc5c5ccccc54)cc(-n4c5ccccc5c5ccccc54)c3)c2)cc1.N#Cc1ccc(-c2cccc(-c3cc(-n4c5ccccc5c5ccccc54)nc(-n4c5ccc(C#N)cc5c5cc(C#N)ccc54)c3)n2)cc1.N#Cc1cccc(-c2cccc(-c3cc(-n4c5ccccc5c5ccccc54)cc(-n4c5ccccc5c5ccccc54)c3)c2)c1. The molecule has 27 aromatic rings. The largest absolute Gasteiger partial charge is 0.309 e. The molecule has 0 radical (unpaired) electrons. The highest BCUT2D eigenvalue weighted by Gasteiger charge is 2.25. The molecular formula is C129H77N13. The van der Waals surface area contributed by atoms with Gasteiger partial charge in [-0.15, -0.1) is 0 Å². The number of aromatic nitrogens is 8. The molecule has 0 aliphatic carbocycles. The first-order valence-corrected chi connectivity index (χ1v) is 47.0. The quantitative estimate of drug-likeness (QED) is 0.117. The van der Waals surface area contributed by atoms with Crippen LogP contribution in [0.25, 0.3) is 232 Å². The molecule has 0 amide bonds. The van der Waals surface area contributed by atoms with Gasteiger partial charge >= 0.3 is 0 Å². The van der Waals surface area contributed by atoms with Gasteiger partial charge in [0.15, 0.2) is 0 Å². The summed E-state index contributed by atoms with van der Waals surface area (Å²) in [5.41, 5.74) is 32.7. The van der Waals surface area contributed by atoms with Crippen LogP contribution in [0.3, 0.4) is 0 Å². The van der Waals surface area contributed by atoms with Gasteiger partial charge in [-0.1, -0.05) is 261 Å². The lowest BCUT2D eigenvalue weighted by molar-refractivity contribution is 1.01. The highest BCUT2D eigenvalue weighted by atomic mass is 15.1. The minimum atomic E-state index is 0.537. The summed E-state index contributed by atoms with van der Waals surface area (Å²) in [5, 5.41) is 61.6. The van der Waals surface area contributed by atoms with Crippen molar-refractivity contribution in [3.05, 3.63) is 495 Å². The van der Waals surface area contributed by atoms with Crippen LogP contribution >= 0.6 is 0 Å². The van der Waals surface area contributed by atoms with E-state index in [1.54, 1.807) is 12.1 Å². The number of para-hydroxylation sites is 10. The molecule has 0 N–H and O–H groups in total. The third-order valence-corrected chi connectivity index (χ3v) is 27.4. The zero-order valence-corrected chi connectivity index (χ0v) is 76.3. The zero-order valence-electron chi connectivity index (χ0n) is 76.3. The highest BCUT2D eigenvalue weighted by molar-refractivity contribution is 6.15. The van der Waals surface area contributed by atoms with Crippen LogP contribution in [0.5, 0.6) is 0 Å². The number of hydrogen-bond acceptors (Lipinski definition) is 7. The van der Waals surface area contributed by atoms with Crippen molar-refractivity contribution in [1.82, 2.24) is 37.4 Å². The van der Waals surface area contributed by atoms with Gasteiger partial charge in [-0.25, -0.2) is 9.97 Å². The van der Waals surface area contributed by atoms with Gasteiger partial charge in [0, 0.05) is 98.5 Å². The monoisotopic (exact) mass is 1810 g/mol. The van der Waals surface area contributed by atoms with Gasteiger partial charge in [0.25, 0.3) is 0 Å². The second-order valence-electron chi connectivity index (χ2n) is 35.6. The molecule has 13 nitrogen and oxygen atoms in total. The van der Waals surface area contributed by atoms with Gasteiger partial charge in [0.05, 0.1) is 136 Å². The summed E-state index contributed by atoms with van der Waals surface area (Å²) in [7, 11) is 0. The lowest BCUT2D eigenvalue weighted by Gasteiger charge is -2.16. The van der Waals surface area contributed by atoms with E-state index >= 15 is 0 Å². The third kappa shape index (κ3) is 14.5. The minimum Gasteiger partial charge on any atom is -0.309 e. The number of benzene rings is 19. The number of hydrogen-bond donors (Lipinski definition) is 0. The molecule has 8 aromatic heterocycles. The molecule has 0 aliphatic rings. The molecule has 0 saturated heterocycles. The summed E-state index contributed by atoms with van der Waals surface area (Å²) >= 11 is 0. The van der Waals surface area contributed by atoms with Gasteiger partial charge < -0.3 is 18.3 Å². The van der Waals surface area contributed by atoms with Crippen LogP contribution in [-0.4, -0.2) is 37.4 Å². The van der Waals surface area contributed by atoms with Crippen molar-refractivity contribution in [2.75, 3.05) is 0 Å². The topological polar surface area (TPSA) is 174 Å². The number of pyridine rings is 2. The minimum absolute atomic E-state index is 0.537. The molecular weight excluding hydrogens is 1730 g/mol. The Morgan fingerprint density at radius 1 is 0.141 bits per heavy atom. The fraction of sp³-hybridized carbons (Fsp3) is 0. The summed E-state index contributed by atoms with van der Waals surface area (Å²) in [6.07, 6.45) is 0. The summed E-state index contributed by atoms with van der Waals surface area (Å²) in [6.45, 7) is 0. The maximum Gasteiger partial charge on any atom is 0.140 e. The zero-order chi connectivity index (χ0) is 95.0. The van der Waals surface area contributed by atoms with E-state index in [2.05, 4.69) is 385 Å². The maximum atomic E-state index is 9.76. The molecule has 0 aliphatic heterocycles. The molecule has 8 heterocycles. The standard InChI is InChI=1S/C43H23N7.2C43H27N3/c44-24-27-12-16-30(17-13-27)36-8-5-9-37(47-36)31-22-42(49-38-10-3-1-6-32(38)33-7-2-4-11-39(33)49)48-43(23-31)50-40-18-14-28(25-45)20-34(40)35-21-29(26-46)15-19-41(35)50;44-28-29-11-9-12-30(23-29)31-13-10-14-32(24-31)33-25-34(45-40-19-5-1-15-36(40)37-16-2-6-20-41(37)45)27-35(26-33)46-42-21-7-3-17-38(42)39-18-4-8-22-43(39)46;44-28-29-20-22-30(23-21-29)31-10-9-11-32(24-31)33-25-34(45-40-16-5-1-12-36(40)37-13-2-6-17-41(37)45)27-35(26-33)46-42-18-7-3-14-38(42)39-15-4-8-19-43(39)46/h1-23H;2*1-27H. The Kier molecular flexibility index (Phi) is 20.5. The van der Waals surface area contributed by atoms with E-state index in [4.69, 9.17) is 9.97 Å².